The second kappa shape index (κ2) is 5.47. The first-order valence-corrected chi connectivity index (χ1v) is 6.77. The molecule has 0 aromatic rings. The van der Waals surface area contributed by atoms with Crippen LogP contribution < -0.4 is 0 Å². The van der Waals surface area contributed by atoms with Crippen LogP contribution in [0.25, 0.3) is 0 Å². The van der Waals surface area contributed by atoms with Gasteiger partial charge in [-0.3, -0.25) is 4.79 Å². The molecule has 6 heteroatoms. The summed E-state index contributed by atoms with van der Waals surface area (Å²) >= 11 is 0. The molecule has 2 aliphatic heterocycles. The lowest BCUT2D eigenvalue weighted by Crippen LogP contribution is -2.46. The van der Waals surface area contributed by atoms with Gasteiger partial charge in [-0.25, -0.2) is 4.79 Å². The number of hydrogen-bond acceptors (Lipinski definition) is 3. The summed E-state index contributed by atoms with van der Waals surface area (Å²) in [5, 5.41) is 17.8. The van der Waals surface area contributed by atoms with Gasteiger partial charge in [-0.2, -0.15) is 5.26 Å². The number of carboxylic acid groups (broad SMARTS) is 1. The van der Waals surface area contributed by atoms with Gasteiger partial charge in [-0.15, -0.1) is 0 Å². The van der Waals surface area contributed by atoms with E-state index >= 15 is 0 Å². The maximum atomic E-state index is 12.5. The summed E-state index contributed by atoms with van der Waals surface area (Å²) in [4.78, 5) is 27.0. The van der Waals surface area contributed by atoms with Crippen LogP contribution in [0.4, 0.5) is 4.79 Å². The average molecular weight is 265 g/mol. The van der Waals surface area contributed by atoms with E-state index in [0.29, 0.717) is 25.9 Å². The van der Waals surface area contributed by atoms with E-state index in [1.165, 1.54) is 0 Å². The highest BCUT2D eigenvalue weighted by molar-refractivity contribution is 5.79. The second-order valence-corrected chi connectivity index (χ2v) is 5.16. The fraction of sp³-hybridized carbons (Fsp3) is 0.769. The van der Waals surface area contributed by atoms with E-state index in [1.54, 1.807) is 9.80 Å². The molecule has 1 N–H and O–H groups in total. The van der Waals surface area contributed by atoms with Crippen molar-refractivity contribution in [1.29, 1.82) is 5.26 Å². The first-order valence-electron chi connectivity index (χ1n) is 6.77. The highest BCUT2D eigenvalue weighted by atomic mass is 16.4. The summed E-state index contributed by atoms with van der Waals surface area (Å²) in [6.07, 6.45) is 2.56. The van der Waals surface area contributed by atoms with E-state index in [9.17, 15) is 14.7 Å². The van der Waals surface area contributed by atoms with Gasteiger partial charge in [-0.1, -0.05) is 0 Å². The van der Waals surface area contributed by atoms with Crippen LogP contribution in [0, 0.1) is 17.2 Å². The van der Waals surface area contributed by atoms with Crippen LogP contribution >= 0.6 is 0 Å². The Bertz CT molecular complexity index is 418. The number of fused-ring (bicyclic) bond motifs is 2. The molecule has 0 saturated carbocycles. The normalized spacial score (nSPS) is 28.2. The zero-order valence-corrected chi connectivity index (χ0v) is 11.1. The number of aliphatic carboxylic acids is 1. The minimum absolute atomic E-state index is 0.0646. The Hall–Kier alpha value is -1.77. The third-order valence-electron chi connectivity index (χ3n) is 4.22. The molecule has 0 spiro atoms. The molecular formula is C13H19N3O3. The summed E-state index contributed by atoms with van der Waals surface area (Å²) in [5.41, 5.74) is 0. The minimum Gasteiger partial charge on any atom is -0.481 e. The average Bonchev–Trinajstić information content (AvgIpc) is 2.96. The van der Waals surface area contributed by atoms with E-state index in [2.05, 4.69) is 0 Å². The molecule has 0 aromatic carbocycles. The number of urea groups is 1. The third kappa shape index (κ3) is 2.37. The highest BCUT2D eigenvalue weighted by Crippen LogP contribution is 2.42. The maximum absolute atomic E-state index is 12.5. The second-order valence-electron chi connectivity index (χ2n) is 5.16. The molecule has 2 rings (SSSR count). The van der Waals surface area contributed by atoms with Gasteiger partial charge in [0.2, 0.25) is 0 Å². The molecule has 2 amide bonds. The molecule has 2 fully saturated rings. The van der Waals surface area contributed by atoms with Gasteiger partial charge in [0.05, 0.1) is 18.4 Å². The Morgan fingerprint density at radius 3 is 2.74 bits per heavy atom. The number of carbonyl (C=O) groups is 2. The van der Waals surface area contributed by atoms with Crippen molar-refractivity contribution in [3.05, 3.63) is 0 Å². The summed E-state index contributed by atoms with van der Waals surface area (Å²) in [5.74, 6) is -1.22. The molecule has 3 unspecified atom stereocenters. The van der Waals surface area contributed by atoms with Gasteiger partial charge in [0.25, 0.3) is 0 Å². The molecular weight excluding hydrogens is 246 g/mol. The van der Waals surface area contributed by atoms with Crippen molar-refractivity contribution in [1.82, 2.24) is 9.80 Å². The number of rotatable bonds is 4. The number of nitriles is 1. The van der Waals surface area contributed by atoms with Crippen molar-refractivity contribution in [2.45, 2.75) is 44.7 Å². The molecule has 104 valence electrons. The number of carbonyl (C=O) groups excluding carboxylic acids is 1. The largest absolute Gasteiger partial charge is 0.481 e. The topological polar surface area (TPSA) is 84.6 Å². The monoisotopic (exact) mass is 265 g/mol. The number of hydrogen-bond donors (Lipinski definition) is 1. The lowest BCUT2D eigenvalue weighted by Gasteiger charge is -2.30. The molecule has 0 aromatic heterocycles. The highest BCUT2D eigenvalue weighted by Gasteiger charge is 2.52. The lowest BCUT2D eigenvalue weighted by atomic mass is 9.89. The van der Waals surface area contributed by atoms with Crippen molar-refractivity contribution < 1.29 is 14.7 Å². The zero-order chi connectivity index (χ0) is 14.0. The first-order chi connectivity index (χ1) is 9.10. The Kier molecular flexibility index (Phi) is 3.93. The van der Waals surface area contributed by atoms with Crippen molar-refractivity contribution in [3.8, 4) is 6.07 Å². The van der Waals surface area contributed by atoms with E-state index < -0.39 is 11.9 Å². The van der Waals surface area contributed by atoms with Crippen LogP contribution in [0.2, 0.25) is 0 Å². The number of amides is 2. The summed E-state index contributed by atoms with van der Waals surface area (Å²) < 4.78 is 0. The van der Waals surface area contributed by atoms with Gasteiger partial charge in [0.15, 0.2) is 0 Å². The molecule has 2 saturated heterocycles. The molecule has 19 heavy (non-hydrogen) atoms. The van der Waals surface area contributed by atoms with Crippen molar-refractivity contribution in [2.75, 3.05) is 13.1 Å². The molecule has 2 aliphatic rings. The van der Waals surface area contributed by atoms with Gasteiger partial charge in [0.1, 0.15) is 0 Å². The van der Waals surface area contributed by atoms with Crippen molar-refractivity contribution >= 4 is 12.0 Å². The van der Waals surface area contributed by atoms with E-state index in [0.717, 1.165) is 12.8 Å². The number of nitrogens with zero attached hydrogens (tertiary/aromatic N) is 3. The zero-order valence-electron chi connectivity index (χ0n) is 11.1. The molecule has 3 atom stereocenters. The van der Waals surface area contributed by atoms with Gasteiger partial charge >= 0.3 is 12.0 Å². The predicted molar refractivity (Wildman–Crippen MR) is 67.3 cm³/mol. The first kappa shape index (κ1) is 13.7. The van der Waals surface area contributed by atoms with Gasteiger partial charge in [0, 0.05) is 25.2 Å². The van der Waals surface area contributed by atoms with Crippen LogP contribution in [0.1, 0.15) is 32.6 Å². The van der Waals surface area contributed by atoms with E-state index in [1.807, 2.05) is 13.0 Å². The number of carboxylic acids is 1. The Morgan fingerprint density at radius 1 is 1.47 bits per heavy atom. The SMILES string of the molecule is CCN(CCC#N)C(=O)N1C2CCC1C(C(=O)O)C2. The van der Waals surface area contributed by atoms with Gasteiger partial charge in [-0.05, 0) is 26.2 Å². The fourth-order valence-electron chi connectivity index (χ4n) is 3.29. The Morgan fingerprint density at radius 2 is 2.21 bits per heavy atom. The summed E-state index contributed by atoms with van der Waals surface area (Å²) in [7, 11) is 0. The standard InChI is InChI=1S/C13H19N3O3/c1-2-15(7-3-6-14)13(19)16-9-4-5-11(16)10(8-9)12(17)18/h9-11H,2-5,7-8H2,1H3,(H,17,18). The fourth-order valence-corrected chi connectivity index (χ4v) is 3.29. The van der Waals surface area contributed by atoms with Crippen molar-refractivity contribution in [3.63, 3.8) is 0 Å². The predicted octanol–water partition coefficient (Wildman–Crippen LogP) is 1.28. The van der Waals surface area contributed by atoms with Crippen LogP contribution in [0.3, 0.4) is 0 Å². The van der Waals surface area contributed by atoms with Crippen LogP contribution in [0.5, 0.6) is 0 Å². The minimum atomic E-state index is -0.801. The van der Waals surface area contributed by atoms with Gasteiger partial charge < -0.3 is 14.9 Å². The molecule has 2 heterocycles. The lowest BCUT2D eigenvalue weighted by molar-refractivity contribution is -0.142. The molecule has 0 aliphatic carbocycles. The molecule has 6 nitrogen and oxygen atoms in total. The van der Waals surface area contributed by atoms with Crippen molar-refractivity contribution in [2.24, 2.45) is 5.92 Å². The maximum Gasteiger partial charge on any atom is 0.320 e. The molecule has 0 radical (unpaired) electrons. The molecule has 2 bridgehead atoms. The third-order valence-corrected chi connectivity index (χ3v) is 4.22. The Labute approximate surface area is 112 Å². The van der Waals surface area contributed by atoms with E-state index in [4.69, 9.17) is 5.26 Å². The summed E-state index contributed by atoms with van der Waals surface area (Å²) in [6.45, 7) is 2.84. The van der Waals surface area contributed by atoms with Crippen LogP contribution in [-0.4, -0.2) is 52.1 Å². The smallest absolute Gasteiger partial charge is 0.320 e. The quantitative estimate of drug-likeness (QED) is 0.829. The van der Waals surface area contributed by atoms with E-state index in [-0.39, 0.29) is 18.1 Å². The summed E-state index contributed by atoms with van der Waals surface area (Å²) in [6, 6.07) is 1.84. The van der Waals surface area contributed by atoms with Crippen LogP contribution in [-0.2, 0) is 4.79 Å². The Balaban J connectivity index is 2.07. The van der Waals surface area contributed by atoms with Crippen LogP contribution in [0.15, 0.2) is 0 Å².